The van der Waals surface area contributed by atoms with Crippen molar-refractivity contribution in [2.45, 2.75) is 6.92 Å². The number of rotatable bonds is 1. The van der Waals surface area contributed by atoms with Crippen LogP contribution in [0.5, 0.6) is 0 Å². The van der Waals surface area contributed by atoms with Gasteiger partial charge in [-0.25, -0.2) is 0 Å². The van der Waals surface area contributed by atoms with E-state index in [-0.39, 0.29) is 0 Å². The number of nitrogens with one attached hydrogen (secondary N) is 1. The van der Waals surface area contributed by atoms with E-state index in [0.717, 1.165) is 22.2 Å². The zero-order chi connectivity index (χ0) is 11.1. The Morgan fingerprint density at radius 2 is 2.25 bits per heavy atom. The summed E-state index contributed by atoms with van der Waals surface area (Å²) in [4.78, 5) is 3.21. The van der Waals surface area contributed by atoms with Gasteiger partial charge in [0.1, 0.15) is 5.69 Å². The molecule has 0 saturated carbocycles. The van der Waals surface area contributed by atoms with E-state index >= 15 is 0 Å². The van der Waals surface area contributed by atoms with Crippen LogP contribution in [0.4, 0.5) is 5.88 Å². The topological polar surface area (TPSA) is 67.8 Å². The summed E-state index contributed by atoms with van der Waals surface area (Å²) in [5.41, 5.74) is 9.61. The van der Waals surface area contributed by atoms with Crippen LogP contribution in [0, 0.1) is 6.92 Å². The van der Waals surface area contributed by atoms with Gasteiger partial charge < -0.3 is 15.2 Å². The quantitative estimate of drug-likeness (QED) is 0.653. The molecule has 0 fully saturated rings. The minimum absolute atomic E-state index is 0.331. The second-order valence-corrected chi connectivity index (χ2v) is 3.81. The average molecular weight is 213 g/mol. The molecule has 0 spiro atoms. The van der Waals surface area contributed by atoms with E-state index in [0.29, 0.717) is 5.88 Å². The van der Waals surface area contributed by atoms with Gasteiger partial charge in [0, 0.05) is 28.7 Å². The fraction of sp³-hybridized carbons (Fsp3) is 0.0833. The maximum Gasteiger partial charge on any atom is 0.222 e. The molecule has 16 heavy (non-hydrogen) atoms. The van der Waals surface area contributed by atoms with Crippen molar-refractivity contribution in [1.82, 2.24) is 10.1 Å². The zero-order valence-electron chi connectivity index (χ0n) is 8.82. The van der Waals surface area contributed by atoms with E-state index in [9.17, 15) is 0 Å². The van der Waals surface area contributed by atoms with Gasteiger partial charge in [0.2, 0.25) is 5.88 Å². The number of benzene rings is 1. The molecule has 0 radical (unpaired) electrons. The molecule has 0 amide bonds. The first kappa shape index (κ1) is 9.03. The van der Waals surface area contributed by atoms with E-state index in [1.165, 1.54) is 5.56 Å². The minimum Gasteiger partial charge on any atom is -0.368 e. The molecule has 3 aromatic rings. The predicted octanol–water partition coefficient (Wildman–Crippen LogP) is 2.71. The molecule has 0 aliphatic carbocycles. The number of nitrogens with two attached hydrogens (primary N) is 1. The van der Waals surface area contributed by atoms with Crippen molar-refractivity contribution in [3.63, 3.8) is 0 Å². The monoisotopic (exact) mass is 213 g/mol. The summed E-state index contributed by atoms with van der Waals surface area (Å²) < 4.78 is 4.89. The van der Waals surface area contributed by atoms with E-state index in [1.54, 1.807) is 6.07 Å². The molecular weight excluding hydrogens is 202 g/mol. The Balaban J connectivity index is 2.32. The van der Waals surface area contributed by atoms with Crippen LogP contribution in [0.1, 0.15) is 5.56 Å². The van der Waals surface area contributed by atoms with Crippen LogP contribution in [0.3, 0.4) is 0 Å². The van der Waals surface area contributed by atoms with Crippen LogP contribution in [0.25, 0.3) is 22.2 Å². The van der Waals surface area contributed by atoms with Crippen LogP contribution >= 0.6 is 0 Å². The lowest BCUT2D eigenvalue weighted by atomic mass is 10.1. The van der Waals surface area contributed by atoms with E-state index < -0.39 is 0 Å². The molecule has 4 nitrogen and oxygen atoms in total. The van der Waals surface area contributed by atoms with Gasteiger partial charge in [-0.05, 0) is 18.6 Å². The Kier molecular flexibility index (Phi) is 1.77. The van der Waals surface area contributed by atoms with E-state index in [2.05, 4.69) is 23.1 Å². The van der Waals surface area contributed by atoms with Crippen molar-refractivity contribution < 1.29 is 4.52 Å². The fourth-order valence-corrected chi connectivity index (χ4v) is 1.99. The van der Waals surface area contributed by atoms with Crippen molar-refractivity contribution >= 4 is 16.8 Å². The van der Waals surface area contributed by atoms with Gasteiger partial charge in [0.25, 0.3) is 0 Å². The molecule has 0 saturated heterocycles. The zero-order valence-corrected chi connectivity index (χ0v) is 8.82. The smallest absolute Gasteiger partial charge is 0.222 e. The van der Waals surface area contributed by atoms with Crippen LogP contribution < -0.4 is 5.73 Å². The second-order valence-electron chi connectivity index (χ2n) is 3.81. The summed E-state index contributed by atoms with van der Waals surface area (Å²) >= 11 is 0. The molecule has 0 bridgehead atoms. The lowest BCUT2D eigenvalue weighted by molar-refractivity contribution is 0.439. The lowest BCUT2D eigenvalue weighted by Gasteiger charge is -1.97. The highest BCUT2D eigenvalue weighted by Crippen LogP contribution is 2.30. The average Bonchev–Trinajstić information content (AvgIpc) is 2.84. The highest BCUT2D eigenvalue weighted by Gasteiger charge is 2.11. The first-order valence-electron chi connectivity index (χ1n) is 5.05. The standard InChI is InChI=1S/C12H11N3O/c1-7-3-2-4-9-12(7)8(6-14-9)10-5-11(13)16-15-10/h2-6,14H,13H2,1H3. The van der Waals surface area contributed by atoms with Gasteiger partial charge in [0.15, 0.2) is 0 Å². The fourth-order valence-electron chi connectivity index (χ4n) is 1.99. The Hall–Kier alpha value is -2.23. The third-order valence-corrected chi connectivity index (χ3v) is 2.72. The maximum atomic E-state index is 5.53. The number of fused-ring (bicyclic) bond motifs is 1. The molecule has 1 aromatic carbocycles. The number of H-pyrrole nitrogens is 1. The van der Waals surface area contributed by atoms with E-state index in [1.807, 2.05) is 18.3 Å². The molecular formula is C12H11N3O. The van der Waals surface area contributed by atoms with Crippen molar-refractivity contribution in [2.75, 3.05) is 5.73 Å². The van der Waals surface area contributed by atoms with Crippen molar-refractivity contribution in [3.05, 3.63) is 36.0 Å². The van der Waals surface area contributed by atoms with Crippen molar-refractivity contribution in [2.24, 2.45) is 0 Å². The number of nitrogens with zero attached hydrogens (tertiary/aromatic N) is 1. The van der Waals surface area contributed by atoms with Crippen molar-refractivity contribution in [3.8, 4) is 11.3 Å². The number of anilines is 1. The molecule has 0 unspecified atom stereocenters. The number of hydrogen-bond donors (Lipinski definition) is 2. The third-order valence-electron chi connectivity index (χ3n) is 2.72. The van der Waals surface area contributed by atoms with Crippen LogP contribution in [-0.4, -0.2) is 10.1 Å². The molecule has 4 heteroatoms. The van der Waals surface area contributed by atoms with E-state index in [4.69, 9.17) is 10.3 Å². The van der Waals surface area contributed by atoms with Gasteiger partial charge >= 0.3 is 0 Å². The number of hydrogen-bond acceptors (Lipinski definition) is 3. The van der Waals surface area contributed by atoms with Gasteiger partial charge in [-0.3, -0.25) is 0 Å². The summed E-state index contributed by atoms with van der Waals surface area (Å²) in [6.45, 7) is 2.07. The summed E-state index contributed by atoms with van der Waals surface area (Å²) in [7, 11) is 0. The largest absolute Gasteiger partial charge is 0.368 e. The molecule has 2 aromatic heterocycles. The second kappa shape index (κ2) is 3.13. The lowest BCUT2D eigenvalue weighted by Crippen LogP contribution is -1.78. The Morgan fingerprint density at radius 3 is 3.00 bits per heavy atom. The number of aromatic amines is 1. The molecule has 3 rings (SSSR count). The Morgan fingerprint density at radius 1 is 1.38 bits per heavy atom. The molecule has 0 atom stereocenters. The summed E-state index contributed by atoms with van der Waals surface area (Å²) in [5.74, 6) is 0.331. The highest BCUT2D eigenvalue weighted by atomic mass is 16.5. The van der Waals surface area contributed by atoms with Crippen LogP contribution in [-0.2, 0) is 0 Å². The number of nitrogen functional groups attached to an aromatic ring is 1. The van der Waals surface area contributed by atoms with Crippen molar-refractivity contribution in [1.29, 1.82) is 0 Å². The Bertz CT molecular complexity index is 651. The first-order chi connectivity index (χ1) is 7.75. The van der Waals surface area contributed by atoms with Gasteiger partial charge in [-0.15, -0.1) is 0 Å². The Labute approximate surface area is 92.0 Å². The van der Waals surface area contributed by atoms with Crippen LogP contribution in [0.2, 0.25) is 0 Å². The molecule has 0 aliphatic rings. The number of aryl methyl sites for hydroxylation is 1. The van der Waals surface area contributed by atoms with Gasteiger partial charge in [-0.2, -0.15) is 0 Å². The van der Waals surface area contributed by atoms with Gasteiger partial charge in [0.05, 0.1) is 0 Å². The molecule has 0 aliphatic heterocycles. The molecule has 80 valence electrons. The molecule has 2 heterocycles. The minimum atomic E-state index is 0.331. The van der Waals surface area contributed by atoms with Crippen LogP contribution in [0.15, 0.2) is 35.0 Å². The summed E-state index contributed by atoms with van der Waals surface area (Å²) in [6.07, 6.45) is 1.93. The predicted molar refractivity (Wildman–Crippen MR) is 62.9 cm³/mol. The third kappa shape index (κ3) is 1.20. The highest BCUT2D eigenvalue weighted by molar-refractivity contribution is 5.97. The van der Waals surface area contributed by atoms with Gasteiger partial charge in [-0.1, -0.05) is 17.3 Å². The first-order valence-corrected chi connectivity index (χ1v) is 5.05. The SMILES string of the molecule is Cc1cccc2[nH]cc(-c3cc(N)on3)c12. The number of aromatic nitrogens is 2. The summed E-state index contributed by atoms with van der Waals surface area (Å²) in [5, 5.41) is 5.09. The summed E-state index contributed by atoms with van der Waals surface area (Å²) in [6, 6.07) is 7.86. The molecule has 3 N–H and O–H groups in total. The normalized spacial score (nSPS) is 11.1. The maximum absolute atomic E-state index is 5.53.